The van der Waals surface area contributed by atoms with Crippen LogP contribution in [0.1, 0.15) is 15.9 Å². The molecule has 0 saturated heterocycles. The molecule has 0 spiro atoms. The molecular weight excluding hydrogens is 266 g/mol. The van der Waals surface area contributed by atoms with Gasteiger partial charge in [0.2, 0.25) is 0 Å². The highest BCUT2D eigenvalue weighted by atomic mass is 16.5. The van der Waals surface area contributed by atoms with Crippen LogP contribution in [0.25, 0.3) is 0 Å². The first-order chi connectivity index (χ1) is 10.2. The van der Waals surface area contributed by atoms with E-state index >= 15 is 0 Å². The van der Waals surface area contributed by atoms with Crippen molar-refractivity contribution in [2.75, 3.05) is 25.7 Å². The molecule has 0 radical (unpaired) electrons. The Morgan fingerprint density at radius 2 is 1.67 bits per heavy atom. The van der Waals surface area contributed by atoms with Gasteiger partial charge in [-0.15, -0.1) is 0 Å². The number of fused-ring (bicyclic) bond motifs is 1. The highest BCUT2D eigenvalue weighted by Crippen LogP contribution is 2.34. The van der Waals surface area contributed by atoms with E-state index in [-0.39, 0.29) is 5.91 Å². The zero-order chi connectivity index (χ0) is 14.8. The number of hydrogen-bond acceptors (Lipinski definition) is 3. The molecule has 0 atom stereocenters. The number of carbonyl (C=O) groups excluding carboxylic acids is 1. The monoisotopic (exact) mass is 283 g/mol. The van der Waals surface area contributed by atoms with E-state index in [4.69, 9.17) is 9.47 Å². The van der Waals surface area contributed by atoms with Gasteiger partial charge in [-0.1, -0.05) is 18.2 Å². The Bertz CT molecular complexity index is 667. The van der Waals surface area contributed by atoms with E-state index in [1.54, 1.807) is 25.2 Å². The molecule has 4 heteroatoms. The van der Waals surface area contributed by atoms with Gasteiger partial charge >= 0.3 is 0 Å². The number of amides is 1. The zero-order valence-electron chi connectivity index (χ0n) is 12.1. The van der Waals surface area contributed by atoms with E-state index in [9.17, 15) is 4.79 Å². The molecule has 3 rings (SSSR count). The summed E-state index contributed by atoms with van der Waals surface area (Å²) in [6, 6.07) is 13.4. The first-order valence-electron chi connectivity index (χ1n) is 6.86. The predicted molar refractivity (Wildman–Crippen MR) is 81.4 cm³/mol. The van der Waals surface area contributed by atoms with Crippen LogP contribution < -0.4 is 14.4 Å². The number of ether oxygens (including phenoxy) is 2. The fourth-order valence-electron chi connectivity index (χ4n) is 2.66. The highest BCUT2D eigenvalue weighted by molar-refractivity contribution is 6.08. The van der Waals surface area contributed by atoms with Gasteiger partial charge in [-0.3, -0.25) is 4.79 Å². The molecule has 108 valence electrons. The molecule has 0 aromatic heterocycles. The molecule has 0 fully saturated rings. The minimum atomic E-state index is 0.00315. The molecule has 2 aromatic carbocycles. The standard InChI is InChI=1S/C17H17NO3/c1-20-15-10-12-8-9-18(13-6-4-3-5-7-13)17(19)14(12)11-16(15)21-2/h3-7,10-11H,8-9H2,1-2H3. The number of anilines is 1. The lowest BCUT2D eigenvalue weighted by Crippen LogP contribution is -2.37. The molecule has 4 nitrogen and oxygen atoms in total. The minimum absolute atomic E-state index is 0.00315. The lowest BCUT2D eigenvalue weighted by atomic mass is 9.97. The van der Waals surface area contributed by atoms with Gasteiger partial charge in [-0.2, -0.15) is 0 Å². The van der Waals surface area contributed by atoms with Crippen LogP contribution >= 0.6 is 0 Å². The van der Waals surface area contributed by atoms with Crippen LogP contribution in [0.5, 0.6) is 11.5 Å². The van der Waals surface area contributed by atoms with E-state index in [0.29, 0.717) is 23.6 Å². The van der Waals surface area contributed by atoms with Crippen molar-refractivity contribution in [2.45, 2.75) is 6.42 Å². The van der Waals surface area contributed by atoms with Crippen molar-refractivity contribution in [1.29, 1.82) is 0 Å². The van der Waals surface area contributed by atoms with Gasteiger partial charge in [0.05, 0.1) is 14.2 Å². The number of rotatable bonds is 3. The highest BCUT2D eigenvalue weighted by Gasteiger charge is 2.27. The Kier molecular flexibility index (Phi) is 3.52. The maximum Gasteiger partial charge on any atom is 0.258 e. The van der Waals surface area contributed by atoms with Crippen LogP contribution in [-0.2, 0) is 6.42 Å². The van der Waals surface area contributed by atoms with Crippen LogP contribution in [0.2, 0.25) is 0 Å². The smallest absolute Gasteiger partial charge is 0.258 e. The zero-order valence-corrected chi connectivity index (χ0v) is 12.1. The third kappa shape index (κ3) is 2.33. The first-order valence-corrected chi connectivity index (χ1v) is 6.86. The molecule has 21 heavy (non-hydrogen) atoms. The van der Waals surface area contributed by atoms with E-state index in [0.717, 1.165) is 17.7 Å². The SMILES string of the molecule is COc1cc2c(cc1OC)C(=O)N(c1ccccc1)CC2. The average Bonchev–Trinajstić information content (AvgIpc) is 2.55. The fourth-order valence-corrected chi connectivity index (χ4v) is 2.66. The average molecular weight is 283 g/mol. The summed E-state index contributed by atoms with van der Waals surface area (Å²) in [6.07, 6.45) is 0.802. The van der Waals surface area contributed by atoms with E-state index < -0.39 is 0 Å². The summed E-state index contributed by atoms with van der Waals surface area (Å²) < 4.78 is 10.6. The fraction of sp³-hybridized carbons (Fsp3) is 0.235. The summed E-state index contributed by atoms with van der Waals surface area (Å²) in [5.41, 5.74) is 2.61. The number of methoxy groups -OCH3 is 2. The largest absolute Gasteiger partial charge is 0.493 e. The van der Waals surface area contributed by atoms with E-state index in [2.05, 4.69) is 0 Å². The Balaban J connectivity index is 2.02. The Morgan fingerprint density at radius 3 is 2.33 bits per heavy atom. The van der Waals surface area contributed by atoms with Gasteiger partial charge in [0.25, 0.3) is 5.91 Å². The molecule has 0 saturated carbocycles. The molecule has 1 aliphatic rings. The summed E-state index contributed by atoms with van der Waals surface area (Å²) >= 11 is 0. The van der Waals surface area contributed by atoms with Gasteiger partial charge in [-0.05, 0) is 36.2 Å². The normalized spacial score (nSPS) is 13.8. The number of hydrogen-bond donors (Lipinski definition) is 0. The summed E-state index contributed by atoms with van der Waals surface area (Å²) in [5.74, 6) is 1.25. The van der Waals surface area contributed by atoms with Crippen LogP contribution in [0, 0.1) is 0 Å². The topological polar surface area (TPSA) is 38.8 Å². The summed E-state index contributed by atoms with van der Waals surface area (Å²) in [5, 5.41) is 0. The second-order valence-electron chi connectivity index (χ2n) is 4.91. The van der Waals surface area contributed by atoms with Crippen LogP contribution in [0.4, 0.5) is 5.69 Å². The minimum Gasteiger partial charge on any atom is -0.493 e. The molecule has 1 amide bonds. The molecule has 1 heterocycles. The van der Waals surface area contributed by atoms with Gasteiger partial charge in [-0.25, -0.2) is 0 Å². The number of para-hydroxylation sites is 1. The molecule has 2 aromatic rings. The maximum absolute atomic E-state index is 12.7. The van der Waals surface area contributed by atoms with Crippen molar-refractivity contribution in [3.63, 3.8) is 0 Å². The lowest BCUT2D eigenvalue weighted by molar-refractivity contribution is 0.0980. The summed E-state index contributed by atoms with van der Waals surface area (Å²) in [7, 11) is 3.18. The van der Waals surface area contributed by atoms with Crippen molar-refractivity contribution < 1.29 is 14.3 Å². The maximum atomic E-state index is 12.7. The number of carbonyl (C=O) groups is 1. The Hall–Kier alpha value is -2.49. The third-order valence-electron chi connectivity index (χ3n) is 3.76. The lowest BCUT2D eigenvalue weighted by Gasteiger charge is -2.29. The number of nitrogens with zero attached hydrogens (tertiary/aromatic N) is 1. The van der Waals surface area contributed by atoms with Gasteiger partial charge in [0, 0.05) is 17.8 Å². The Labute approximate surface area is 123 Å². The number of benzene rings is 2. The molecule has 0 N–H and O–H groups in total. The quantitative estimate of drug-likeness (QED) is 0.869. The van der Waals surface area contributed by atoms with E-state index in [1.165, 1.54) is 0 Å². The van der Waals surface area contributed by atoms with Crippen molar-refractivity contribution >= 4 is 11.6 Å². The van der Waals surface area contributed by atoms with Gasteiger partial charge in [0.15, 0.2) is 11.5 Å². The van der Waals surface area contributed by atoms with Crippen LogP contribution in [0.15, 0.2) is 42.5 Å². The molecular formula is C17H17NO3. The molecule has 0 bridgehead atoms. The second kappa shape index (κ2) is 5.48. The predicted octanol–water partition coefficient (Wildman–Crippen LogP) is 2.91. The summed E-state index contributed by atoms with van der Waals surface area (Å²) in [4.78, 5) is 14.5. The second-order valence-corrected chi connectivity index (χ2v) is 4.91. The van der Waals surface area contributed by atoms with Gasteiger partial charge in [0.1, 0.15) is 0 Å². The molecule has 0 unspecified atom stereocenters. The van der Waals surface area contributed by atoms with Crippen LogP contribution in [0.3, 0.4) is 0 Å². The van der Waals surface area contributed by atoms with Crippen LogP contribution in [-0.4, -0.2) is 26.7 Å². The van der Waals surface area contributed by atoms with E-state index in [1.807, 2.05) is 36.4 Å². The molecule has 1 aliphatic heterocycles. The van der Waals surface area contributed by atoms with Crippen molar-refractivity contribution in [3.05, 3.63) is 53.6 Å². The van der Waals surface area contributed by atoms with Crippen molar-refractivity contribution in [1.82, 2.24) is 0 Å². The Morgan fingerprint density at radius 1 is 1.00 bits per heavy atom. The molecule has 0 aliphatic carbocycles. The summed E-state index contributed by atoms with van der Waals surface area (Å²) in [6.45, 7) is 0.672. The van der Waals surface area contributed by atoms with Gasteiger partial charge < -0.3 is 14.4 Å². The first kappa shape index (κ1) is 13.5. The third-order valence-corrected chi connectivity index (χ3v) is 3.76. The van der Waals surface area contributed by atoms with Crippen molar-refractivity contribution in [2.24, 2.45) is 0 Å². The van der Waals surface area contributed by atoms with Crippen molar-refractivity contribution in [3.8, 4) is 11.5 Å².